The fraction of sp³-hybridized carbons (Fsp3) is 0.167. The lowest BCUT2D eigenvalue weighted by molar-refractivity contribution is -0.134. The lowest BCUT2D eigenvalue weighted by atomic mass is 10.0. The van der Waals surface area contributed by atoms with E-state index in [-0.39, 0.29) is 5.56 Å². The van der Waals surface area contributed by atoms with Gasteiger partial charge in [-0.3, -0.25) is 0 Å². The molecule has 0 fully saturated rings. The van der Waals surface area contributed by atoms with Crippen molar-refractivity contribution in [1.29, 1.82) is 0 Å². The largest absolute Gasteiger partial charge is 0.478 e. The van der Waals surface area contributed by atoms with Gasteiger partial charge >= 0.3 is 11.9 Å². The molecule has 0 atom stereocenters. The number of carboxylic acid groups (broad SMARTS) is 1. The van der Waals surface area contributed by atoms with E-state index in [1.807, 2.05) is 6.92 Å². The summed E-state index contributed by atoms with van der Waals surface area (Å²) in [6.07, 6.45) is 2.79. The van der Waals surface area contributed by atoms with Crippen LogP contribution in [-0.4, -0.2) is 24.2 Å². The molecule has 4 heteroatoms. The Hall–Kier alpha value is -2.10. The summed E-state index contributed by atoms with van der Waals surface area (Å²) in [5, 5.41) is 8.81. The molecule has 0 radical (unpaired) electrons. The number of methoxy groups -OCH3 is 1. The zero-order valence-electron chi connectivity index (χ0n) is 9.06. The highest BCUT2D eigenvalue weighted by molar-refractivity contribution is 5.90. The Balaban J connectivity index is 3.03. The lowest BCUT2D eigenvalue weighted by Gasteiger charge is -2.01. The maximum atomic E-state index is 10.9. The average molecular weight is 220 g/mol. The lowest BCUT2D eigenvalue weighted by Crippen LogP contribution is -1.98. The third-order valence-electron chi connectivity index (χ3n) is 2.13. The van der Waals surface area contributed by atoms with E-state index in [2.05, 4.69) is 4.74 Å². The highest BCUT2D eigenvalue weighted by atomic mass is 16.5. The van der Waals surface area contributed by atoms with Gasteiger partial charge in [0.1, 0.15) is 0 Å². The quantitative estimate of drug-likeness (QED) is 0.624. The first-order valence-electron chi connectivity index (χ1n) is 4.64. The molecule has 0 unspecified atom stereocenters. The Kier molecular flexibility index (Phi) is 3.83. The molecule has 1 rings (SSSR count). The first-order valence-corrected chi connectivity index (χ1v) is 4.64. The van der Waals surface area contributed by atoms with Crippen molar-refractivity contribution in [3.05, 3.63) is 41.0 Å². The second-order valence-electron chi connectivity index (χ2n) is 3.23. The smallest absolute Gasteiger partial charge is 0.335 e. The Bertz CT molecular complexity index is 446. The normalized spacial score (nSPS) is 10.4. The maximum absolute atomic E-state index is 10.9. The van der Waals surface area contributed by atoms with Crippen LogP contribution in [0.5, 0.6) is 0 Å². The number of aryl methyl sites for hydroxylation is 1. The van der Waals surface area contributed by atoms with E-state index in [4.69, 9.17) is 5.11 Å². The molecule has 1 N–H and O–H groups in total. The number of carbonyl (C=O) groups is 2. The molecule has 0 amide bonds. The Labute approximate surface area is 93.2 Å². The van der Waals surface area contributed by atoms with Crippen LogP contribution in [0.25, 0.3) is 6.08 Å². The predicted molar refractivity (Wildman–Crippen MR) is 59.2 cm³/mol. The van der Waals surface area contributed by atoms with Gasteiger partial charge in [0, 0.05) is 6.08 Å². The molecule has 4 nitrogen and oxygen atoms in total. The number of aromatic carboxylic acids is 1. The van der Waals surface area contributed by atoms with Crippen LogP contribution in [0.1, 0.15) is 21.5 Å². The first kappa shape index (κ1) is 12.0. The molecule has 0 heterocycles. The molecule has 0 bridgehead atoms. The molecule has 0 aliphatic heterocycles. The Morgan fingerprint density at radius 3 is 2.62 bits per heavy atom. The van der Waals surface area contributed by atoms with Crippen molar-refractivity contribution in [1.82, 2.24) is 0 Å². The van der Waals surface area contributed by atoms with E-state index in [1.165, 1.54) is 31.4 Å². The molecule has 1 aromatic carbocycles. The summed E-state index contributed by atoms with van der Waals surface area (Å²) in [6, 6.07) is 4.73. The average Bonchev–Trinajstić information content (AvgIpc) is 2.27. The monoisotopic (exact) mass is 220 g/mol. The van der Waals surface area contributed by atoms with Crippen LogP contribution in [0, 0.1) is 6.92 Å². The third kappa shape index (κ3) is 2.95. The van der Waals surface area contributed by atoms with E-state index in [1.54, 1.807) is 6.07 Å². The second kappa shape index (κ2) is 5.11. The minimum Gasteiger partial charge on any atom is -0.478 e. The number of ether oxygens (including phenoxy) is 1. The van der Waals surface area contributed by atoms with Crippen molar-refractivity contribution < 1.29 is 19.4 Å². The van der Waals surface area contributed by atoms with Crippen molar-refractivity contribution in [3.63, 3.8) is 0 Å². The first-order chi connectivity index (χ1) is 7.54. The summed E-state index contributed by atoms with van der Waals surface area (Å²) in [4.78, 5) is 21.6. The Morgan fingerprint density at radius 1 is 1.38 bits per heavy atom. The maximum Gasteiger partial charge on any atom is 0.335 e. The summed E-state index contributed by atoms with van der Waals surface area (Å²) in [6.45, 7) is 1.84. The van der Waals surface area contributed by atoms with Gasteiger partial charge in [0.15, 0.2) is 0 Å². The molecular formula is C12H12O4. The molecular weight excluding hydrogens is 208 g/mol. The second-order valence-corrected chi connectivity index (χ2v) is 3.23. The number of carboxylic acids is 1. The van der Waals surface area contributed by atoms with Crippen LogP contribution in [-0.2, 0) is 9.53 Å². The van der Waals surface area contributed by atoms with Gasteiger partial charge in [-0.15, -0.1) is 0 Å². The number of esters is 1. The van der Waals surface area contributed by atoms with Crippen LogP contribution in [0.15, 0.2) is 24.3 Å². The number of benzene rings is 1. The van der Waals surface area contributed by atoms with E-state index < -0.39 is 11.9 Å². The van der Waals surface area contributed by atoms with Crippen LogP contribution in [0.4, 0.5) is 0 Å². The number of hydrogen-bond acceptors (Lipinski definition) is 3. The van der Waals surface area contributed by atoms with Crippen molar-refractivity contribution in [3.8, 4) is 0 Å². The molecule has 84 valence electrons. The van der Waals surface area contributed by atoms with Gasteiger partial charge in [-0.05, 0) is 36.3 Å². The van der Waals surface area contributed by atoms with E-state index in [9.17, 15) is 9.59 Å². The van der Waals surface area contributed by atoms with Crippen LogP contribution in [0.3, 0.4) is 0 Å². The van der Waals surface area contributed by atoms with E-state index >= 15 is 0 Å². The highest BCUT2D eigenvalue weighted by Crippen LogP contribution is 2.13. The topological polar surface area (TPSA) is 63.6 Å². The van der Waals surface area contributed by atoms with E-state index in [0.717, 1.165) is 5.56 Å². The van der Waals surface area contributed by atoms with Gasteiger partial charge in [0.2, 0.25) is 0 Å². The van der Waals surface area contributed by atoms with Crippen LogP contribution in [0.2, 0.25) is 0 Å². The third-order valence-corrected chi connectivity index (χ3v) is 2.13. The van der Waals surface area contributed by atoms with Crippen LogP contribution < -0.4 is 0 Å². The molecule has 1 aromatic rings. The number of rotatable bonds is 3. The molecule has 0 aromatic heterocycles. The zero-order chi connectivity index (χ0) is 12.1. The molecule has 0 aliphatic rings. The summed E-state index contributed by atoms with van der Waals surface area (Å²) >= 11 is 0. The van der Waals surface area contributed by atoms with Crippen molar-refractivity contribution >= 4 is 18.0 Å². The summed E-state index contributed by atoms with van der Waals surface area (Å²) in [5.74, 6) is -1.46. The Morgan fingerprint density at radius 2 is 2.06 bits per heavy atom. The molecule has 16 heavy (non-hydrogen) atoms. The van der Waals surface area contributed by atoms with Crippen molar-refractivity contribution in [2.45, 2.75) is 6.92 Å². The fourth-order valence-electron chi connectivity index (χ4n) is 1.18. The fourth-order valence-corrected chi connectivity index (χ4v) is 1.18. The standard InChI is InChI=1S/C12H12O4/c1-8-3-4-10(12(14)15)7-9(8)5-6-11(13)16-2/h3-7H,1-2H3,(H,14,15). The molecule has 0 saturated carbocycles. The van der Waals surface area contributed by atoms with Gasteiger partial charge in [-0.1, -0.05) is 6.07 Å². The molecule has 0 spiro atoms. The summed E-state index contributed by atoms with van der Waals surface area (Å²) in [7, 11) is 1.28. The SMILES string of the molecule is COC(=O)C=Cc1cc(C(=O)O)ccc1C. The minimum absolute atomic E-state index is 0.190. The van der Waals surface area contributed by atoms with E-state index in [0.29, 0.717) is 5.56 Å². The predicted octanol–water partition coefficient (Wildman–Crippen LogP) is 1.88. The van der Waals surface area contributed by atoms with Crippen molar-refractivity contribution in [2.75, 3.05) is 7.11 Å². The van der Waals surface area contributed by atoms with Gasteiger partial charge in [0.05, 0.1) is 12.7 Å². The van der Waals surface area contributed by atoms with Crippen molar-refractivity contribution in [2.24, 2.45) is 0 Å². The molecule has 0 saturated heterocycles. The van der Waals surface area contributed by atoms with Gasteiger partial charge < -0.3 is 9.84 Å². The summed E-state index contributed by atoms with van der Waals surface area (Å²) in [5.41, 5.74) is 1.77. The van der Waals surface area contributed by atoms with Gasteiger partial charge in [-0.2, -0.15) is 0 Å². The number of carbonyl (C=O) groups excluding carboxylic acids is 1. The summed E-state index contributed by atoms with van der Waals surface area (Å²) < 4.78 is 4.45. The van der Waals surface area contributed by atoms with Crippen LogP contribution >= 0.6 is 0 Å². The van der Waals surface area contributed by atoms with Gasteiger partial charge in [-0.25, -0.2) is 9.59 Å². The molecule has 0 aliphatic carbocycles. The number of hydrogen-bond donors (Lipinski definition) is 1. The zero-order valence-corrected chi connectivity index (χ0v) is 9.06. The van der Waals surface area contributed by atoms with Gasteiger partial charge in [0.25, 0.3) is 0 Å². The minimum atomic E-state index is -0.993. The highest BCUT2D eigenvalue weighted by Gasteiger charge is 2.04.